The fourth-order valence-corrected chi connectivity index (χ4v) is 3.50. The first kappa shape index (κ1) is 21.6. The van der Waals surface area contributed by atoms with Gasteiger partial charge in [-0.3, -0.25) is 4.79 Å². The molecule has 2 heterocycles. The third-order valence-corrected chi connectivity index (χ3v) is 5.08. The maximum absolute atomic E-state index is 12.6. The third kappa shape index (κ3) is 4.81. The highest BCUT2D eigenvalue weighted by Gasteiger charge is 2.20. The molecule has 1 unspecified atom stereocenters. The first-order valence-electron chi connectivity index (χ1n) is 10.5. The Balaban J connectivity index is 1.51. The van der Waals surface area contributed by atoms with Gasteiger partial charge < -0.3 is 23.9 Å². The Morgan fingerprint density at radius 1 is 1.12 bits per heavy atom. The van der Waals surface area contributed by atoms with E-state index in [1.54, 1.807) is 36.4 Å². The topological polar surface area (TPSA) is 104 Å². The second-order valence-corrected chi connectivity index (χ2v) is 7.31. The van der Waals surface area contributed by atoms with E-state index >= 15 is 0 Å². The monoisotopic (exact) mass is 437 g/mol. The second kappa shape index (κ2) is 9.65. The molecule has 8 nitrogen and oxygen atoms in total. The number of fused-ring (bicyclic) bond motifs is 1. The average Bonchev–Trinajstić information content (AvgIpc) is 3.31. The molecule has 166 valence electrons. The lowest BCUT2D eigenvalue weighted by Crippen LogP contribution is -2.34. The summed E-state index contributed by atoms with van der Waals surface area (Å²) in [6.07, 6.45) is 1.81. The molecular formula is C24H23NO7. The Morgan fingerprint density at radius 2 is 1.97 bits per heavy atom. The van der Waals surface area contributed by atoms with Gasteiger partial charge >= 0.3 is 11.6 Å². The molecule has 1 amide bonds. The smallest absolute Gasteiger partial charge is 0.349 e. The van der Waals surface area contributed by atoms with Crippen molar-refractivity contribution in [1.29, 1.82) is 0 Å². The van der Waals surface area contributed by atoms with E-state index in [1.807, 2.05) is 6.92 Å². The normalized spacial score (nSPS) is 15.5. The molecule has 1 saturated heterocycles. The quantitative estimate of drug-likeness (QED) is 0.343. The number of nitrogens with one attached hydrogen (secondary N) is 1. The predicted molar refractivity (Wildman–Crippen MR) is 116 cm³/mol. The molecular weight excluding hydrogens is 414 g/mol. The van der Waals surface area contributed by atoms with Crippen LogP contribution in [0.4, 0.5) is 0 Å². The molecule has 1 aromatic heterocycles. The summed E-state index contributed by atoms with van der Waals surface area (Å²) in [4.78, 5) is 37.4. The fourth-order valence-electron chi connectivity index (χ4n) is 3.50. The van der Waals surface area contributed by atoms with Crippen molar-refractivity contribution in [2.45, 2.75) is 25.9 Å². The van der Waals surface area contributed by atoms with Crippen molar-refractivity contribution in [1.82, 2.24) is 5.32 Å². The van der Waals surface area contributed by atoms with Crippen molar-refractivity contribution < 1.29 is 28.2 Å². The van der Waals surface area contributed by atoms with E-state index in [1.165, 1.54) is 12.1 Å². The molecule has 8 heteroatoms. The molecule has 0 saturated carbocycles. The Hall–Kier alpha value is -3.65. The van der Waals surface area contributed by atoms with Crippen molar-refractivity contribution >= 4 is 22.8 Å². The molecule has 0 spiro atoms. The predicted octanol–water partition coefficient (Wildman–Crippen LogP) is 3.32. The van der Waals surface area contributed by atoms with Crippen molar-refractivity contribution in [3.8, 4) is 11.5 Å². The lowest BCUT2D eigenvalue weighted by molar-refractivity contribution is 0.0730. The van der Waals surface area contributed by atoms with Crippen LogP contribution in [0, 0.1) is 0 Å². The minimum absolute atomic E-state index is 0.0310. The summed E-state index contributed by atoms with van der Waals surface area (Å²) in [5, 5.41) is 3.24. The summed E-state index contributed by atoms with van der Waals surface area (Å²) in [5.41, 5.74) is -0.373. The molecule has 0 radical (unpaired) electrons. The number of hydrogen-bond acceptors (Lipinski definition) is 7. The highest BCUT2D eigenvalue weighted by Crippen LogP contribution is 2.24. The number of carbonyl (C=O) groups excluding carboxylic acids is 2. The van der Waals surface area contributed by atoms with Crippen molar-refractivity contribution in [2.24, 2.45) is 0 Å². The van der Waals surface area contributed by atoms with E-state index < -0.39 is 17.5 Å². The van der Waals surface area contributed by atoms with E-state index in [-0.39, 0.29) is 28.6 Å². The van der Waals surface area contributed by atoms with Crippen LogP contribution in [0.1, 0.15) is 40.5 Å². The maximum atomic E-state index is 12.6. The Kier molecular flexibility index (Phi) is 6.51. The number of esters is 1. The largest absolute Gasteiger partial charge is 0.493 e. The van der Waals surface area contributed by atoms with Crippen LogP contribution < -0.4 is 20.4 Å². The van der Waals surface area contributed by atoms with Crippen LogP contribution in [0.25, 0.3) is 11.0 Å². The number of para-hydroxylation sites is 1. The first-order valence-corrected chi connectivity index (χ1v) is 10.5. The number of rotatable bonds is 7. The van der Waals surface area contributed by atoms with Crippen molar-refractivity contribution in [3.63, 3.8) is 0 Å². The SMILES string of the molecule is CCOc1ccccc1C(=O)Oc1ccc2cc(C(=O)NCC3CCCO3)c(=O)oc2c1. The zero-order chi connectivity index (χ0) is 22.5. The summed E-state index contributed by atoms with van der Waals surface area (Å²) in [6, 6.07) is 12.9. The molecule has 1 atom stereocenters. The lowest BCUT2D eigenvalue weighted by atomic mass is 10.1. The zero-order valence-electron chi connectivity index (χ0n) is 17.6. The number of benzene rings is 2. The highest BCUT2D eigenvalue weighted by atomic mass is 16.5. The van der Waals surface area contributed by atoms with Gasteiger partial charge in [0, 0.05) is 24.6 Å². The molecule has 3 aromatic rings. The van der Waals surface area contributed by atoms with Gasteiger partial charge in [-0.2, -0.15) is 0 Å². The van der Waals surface area contributed by atoms with E-state index in [2.05, 4.69) is 5.32 Å². The molecule has 0 aliphatic carbocycles. The highest BCUT2D eigenvalue weighted by molar-refractivity contribution is 5.97. The minimum Gasteiger partial charge on any atom is -0.493 e. The van der Waals surface area contributed by atoms with Crippen LogP contribution in [-0.4, -0.2) is 37.7 Å². The Bertz CT molecular complexity index is 1190. The Morgan fingerprint density at radius 3 is 2.75 bits per heavy atom. The van der Waals surface area contributed by atoms with Crippen LogP contribution in [0.15, 0.2) is 57.7 Å². The summed E-state index contributed by atoms with van der Waals surface area (Å²) in [5.74, 6) is -0.487. The van der Waals surface area contributed by atoms with E-state index in [0.29, 0.717) is 30.9 Å². The van der Waals surface area contributed by atoms with Crippen LogP contribution in [0.5, 0.6) is 11.5 Å². The summed E-state index contributed by atoms with van der Waals surface area (Å²) >= 11 is 0. The van der Waals surface area contributed by atoms with E-state index in [0.717, 1.165) is 12.8 Å². The lowest BCUT2D eigenvalue weighted by Gasteiger charge is -2.11. The first-order chi connectivity index (χ1) is 15.5. The fraction of sp³-hybridized carbons (Fsp3) is 0.292. The van der Waals surface area contributed by atoms with Crippen LogP contribution >= 0.6 is 0 Å². The van der Waals surface area contributed by atoms with Gasteiger partial charge in [-0.05, 0) is 50.1 Å². The third-order valence-electron chi connectivity index (χ3n) is 5.08. The number of carbonyl (C=O) groups is 2. The molecule has 1 N–H and O–H groups in total. The average molecular weight is 437 g/mol. The maximum Gasteiger partial charge on any atom is 0.349 e. The molecule has 0 bridgehead atoms. The van der Waals surface area contributed by atoms with E-state index in [4.69, 9.17) is 18.6 Å². The Labute approximate surface area is 184 Å². The van der Waals surface area contributed by atoms with Gasteiger partial charge in [0.2, 0.25) is 0 Å². The molecule has 4 rings (SSSR count). The van der Waals surface area contributed by atoms with Gasteiger partial charge in [-0.25, -0.2) is 9.59 Å². The number of ether oxygens (including phenoxy) is 3. The van der Waals surface area contributed by atoms with Gasteiger partial charge in [0.15, 0.2) is 0 Å². The summed E-state index contributed by atoms with van der Waals surface area (Å²) in [7, 11) is 0. The van der Waals surface area contributed by atoms with Gasteiger partial charge in [0.05, 0.1) is 12.7 Å². The molecule has 2 aromatic carbocycles. The summed E-state index contributed by atoms with van der Waals surface area (Å²) in [6.45, 7) is 3.26. The zero-order valence-corrected chi connectivity index (χ0v) is 17.6. The molecule has 1 aliphatic heterocycles. The van der Waals surface area contributed by atoms with Gasteiger partial charge in [0.1, 0.15) is 28.2 Å². The van der Waals surface area contributed by atoms with Crippen molar-refractivity contribution in [3.05, 3.63) is 70.1 Å². The van der Waals surface area contributed by atoms with Crippen molar-refractivity contribution in [2.75, 3.05) is 19.8 Å². The van der Waals surface area contributed by atoms with Crippen LogP contribution in [0.2, 0.25) is 0 Å². The summed E-state index contributed by atoms with van der Waals surface area (Å²) < 4.78 is 21.7. The van der Waals surface area contributed by atoms with E-state index in [9.17, 15) is 14.4 Å². The molecule has 32 heavy (non-hydrogen) atoms. The molecule has 1 fully saturated rings. The minimum atomic E-state index is -0.771. The number of amides is 1. The second-order valence-electron chi connectivity index (χ2n) is 7.31. The number of hydrogen-bond donors (Lipinski definition) is 1. The van der Waals surface area contributed by atoms with Gasteiger partial charge in [0.25, 0.3) is 5.91 Å². The van der Waals surface area contributed by atoms with Crippen LogP contribution in [0.3, 0.4) is 0 Å². The molecule has 1 aliphatic rings. The van der Waals surface area contributed by atoms with Gasteiger partial charge in [-0.1, -0.05) is 12.1 Å². The standard InChI is InChI=1S/C24H23NO7/c1-2-29-20-8-4-3-7-18(20)23(27)31-16-10-9-15-12-19(24(28)32-21(15)13-16)22(26)25-14-17-6-5-11-30-17/h3-4,7-10,12-13,17H,2,5-6,11,14H2,1H3,(H,25,26). The van der Waals surface area contributed by atoms with Gasteiger partial charge in [-0.15, -0.1) is 0 Å². The van der Waals surface area contributed by atoms with Crippen LogP contribution in [-0.2, 0) is 4.74 Å².